The number of hydrazine groups is 1. The molecule has 8 heteroatoms. The highest BCUT2D eigenvalue weighted by molar-refractivity contribution is 7.89. The first-order chi connectivity index (χ1) is 9.47. The Morgan fingerprint density at radius 1 is 1.40 bits per heavy atom. The molecule has 1 aliphatic heterocycles. The van der Waals surface area contributed by atoms with E-state index in [9.17, 15) is 8.42 Å². The molecule has 1 aromatic heterocycles. The fraction of sp³-hybridized carbons (Fsp3) is 0.667. The lowest BCUT2D eigenvalue weighted by atomic mass is 10.4. The molecular weight excluding hydrogens is 298 g/mol. The zero-order valence-electron chi connectivity index (χ0n) is 11.8. The summed E-state index contributed by atoms with van der Waals surface area (Å²) in [4.78, 5) is 3.94. The third kappa shape index (κ3) is 4.51. The fourth-order valence-corrected chi connectivity index (χ4v) is 4.12. The van der Waals surface area contributed by atoms with Gasteiger partial charge in [0.05, 0.1) is 18.1 Å². The highest BCUT2D eigenvalue weighted by Crippen LogP contribution is 2.19. The van der Waals surface area contributed by atoms with Crippen molar-refractivity contribution in [3.05, 3.63) is 16.3 Å². The third-order valence-corrected chi connectivity index (χ3v) is 5.33. The van der Waals surface area contributed by atoms with Crippen molar-refractivity contribution >= 4 is 21.4 Å². The second-order valence-electron chi connectivity index (χ2n) is 4.98. The average Bonchev–Trinajstić information content (AvgIpc) is 2.86. The fourth-order valence-electron chi connectivity index (χ4n) is 1.78. The molecule has 0 atom stereocenters. The largest absolute Gasteiger partial charge is 0.379 e. The van der Waals surface area contributed by atoms with Gasteiger partial charge in [0.1, 0.15) is 0 Å². The third-order valence-electron chi connectivity index (χ3n) is 2.88. The second-order valence-corrected chi connectivity index (χ2v) is 7.64. The summed E-state index contributed by atoms with van der Waals surface area (Å²) in [6.07, 6.45) is 0. The van der Waals surface area contributed by atoms with Crippen molar-refractivity contribution in [1.82, 2.24) is 15.2 Å². The lowest BCUT2D eigenvalue weighted by Crippen LogP contribution is -2.48. The first-order valence-electron chi connectivity index (χ1n) is 6.63. The lowest BCUT2D eigenvalue weighted by molar-refractivity contribution is 0.0272. The van der Waals surface area contributed by atoms with Gasteiger partial charge in [0, 0.05) is 35.9 Å². The monoisotopic (exact) mass is 319 g/mol. The van der Waals surface area contributed by atoms with Crippen molar-refractivity contribution in [3.8, 4) is 0 Å². The summed E-state index contributed by atoms with van der Waals surface area (Å²) in [6.45, 7) is 7.06. The molecule has 0 aliphatic carbocycles. The molecule has 0 aromatic carbocycles. The summed E-state index contributed by atoms with van der Waals surface area (Å²) in [5, 5.41) is 6.64. The van der Waals surface area contributed by atoms with E-state index in [-0.39, 0.29) is 0 Å². The van der Waals surface area contributed by atoms with Crippen LogP contribution in [-0.2, 0) is 21.3 Å². The van der Waals surface area contributed by atoms with Crippen LogP contribution < -0.4 is 10.1 Å². The minimum Gasteiger partial charge on any atom is -0.379 e. The van der Waals surface area contributed by atoms with Gasteiger partial charge < -0.3 is 10.1 Å². The molecule has 0 bridgehead atoms. The Balaban J connectivity index is 1.98. The summed E-state index contributed by atoms with van der Waals surface area (Å²) in [5.74, 6) is 0. The maximum absolute atomic E-state index is 12.2. The Bertz CT molecular complexity index is 522. The number of nitrogens with zero attached hydrogens (tertiary/aromatic N) is 1. The number of nitrogens with one attached hydrogen (secondary N) is 2. The number of ether oxygens (including phenoxy) is 1. The van der Waals surface area contributed by atoms with Crippen LogP contribution in [0.2, 0.25) is 0 Å². The molecule has 0 amide bonds. The molecule has 1 aliphatic rings. The number of hydrogen-bond donors (Lipinski definition) is 2. The van der Waals surface area contributed by atoms with E-state index in [0.29, 0.717) is 43.8 Å². The van der Waals surface area contributed by atoms with E-state index in [0.717, 1.165) is 4.88 Å². The van der Waals surface area contributed by atoms with Gasteiger partial charge in [-0.3, -0.25) is 0 Å². The Hall–Kier alpha value is -0.510. The molecule has 2 N–H and O–H groups in total. The molecule has 0 saturated carbocycles. The van der Waals surface area contributed by atoms with Crippen LogP contribution in [0.3, 0.4) is 0 Å². The molecule has 2 rings (SSSR count). The highest BCUT2D eigenvalue weighted by Gasteiger charge is 2.21. The van der Waals surface area contributed by atoms with Crippen molar-refractivity contribution in [1.29, 1.82) is 0 Å². The SMILES string of the molecule is CC(C)NCc1cc(S(=O)(=O)NN2CCOCC2)cs1. The van der Waals surface area contributed by atoms with E-state index in [2.05, 4.69) is 24.0 Å². The Kier molecular flexibility index (Phi) is 5.53. The number of morpholine rings is 1. The molecule has 2 heterocycles. The normalized spacial score (nSPS) is 17.8. The van der Waals surface area contributed by atoms with Crippen molar-refractivity contribution in [2.45, 2.75) is 31.3 Å². The maximum Gasteiger partial charge on any atom is 0.254 e. The minimum atomic E-state index is -3.47. The first kappa shape index (κ1) is 15.9. The second kappa shape index (κ2) is 6.97. The molecule has 114 valence electrons. The van der Waals surface area contributed by atoms with Gasteiger partial charge in [-0.25, -0.2) is 13.4 Å². The molecule has 0 radical (unpaired) electrons. The molecule has 1 fully saturated rings. The summed E-state index contributed by atoms with van der Waals surface area (Å²) < 4.78 is 29.7. The summed E-state index contributed by atoms with van der Waals surface area (Å²) >= 11 is 1.46. The van der Waals surface area contributed by atoms with Crippen LogP contribution in [0.5, 0.6) is 0 Å². The van der Waals surface area contributed by atoms with E-state index in [1.165, 1.54) is 11.3 Å². The Labute approximate surface area is 124 Å². The number of hydrogen-bond acceptors (Lipinski definition) is 6. The van der Waals surface area contributed by atoms with E-state index in [1.54, 1.807) is 16.5 Å². The predicted octanol–water partition coefficient (Wildman–Crippen LogP) is 0.772. The molecule has 0 unspecified atom stereocenters. The standard InChI is InChI=1S/C12H21N3O3S2/c1-10(2)13-8-11-7-12(9-19-11)20(16,17)14-15-3-5-18-6-4-15/h7,9-10,13-14H,3-6,8H2,1-2H3. The van der Waals surface area contributed by atoms with Crippen LogP contribution in [0.15, 0.2) is 16.3 Å². The quantitative estimate of drug-likeness (QED) is 0.810. The maximum atomic E-state index is 12.2. The molecular formula is C12H21N3O3S2. The summed E-state index contributed by atoms with van der Waals surface area (Å²) in [6, 6.07) is 2.10. The van der Waals surface area contributed by atoms with Crippen LogP contribution in [-0.4, -0.2) is 45.8 Å². The molecule has 6 nitrogen and oxygen atoms in total. The van der Waals surface area contributed by atoms with Crippen molar-refractivity contribution in [2.24, 2.45) is 0 Å². The van der Waals surface area contributed by atoms with Crippen molar-refractivity contribution in [3.63, 3.8) is 0 Å². The van der Waals surface area contributed by atoms with Gasteiger partial charge in [-0.2, -0.15) is 0 Å². The van der Waals surface area contributed by atoms with Crippen LogP contribution in [0, 0.1) is 0 Å². The average molecular weight is 319 g/mol. The van der Waals surface area contributed by atoms with Gasteiger partial charge in [-0.05, 0) is 6.07 Å². The van der Waals surface area contributed by atoms with E-state index in [1.807, 2.05) is 0 Å². The molecule has 1 saturated heterocycles. The van der Waals surface area contributed by atoms with Gasteiger partial charge in [-0.15, -0.1) is 16.2 Å². The van der Waals surface area contributed by atoms with Crippen LogP contribution in [0.4, 0.5) is 0 Å². The van der Waals surface area contributed by atoms with Gasteiger partial charge in [-0.1, -0.05) is 13.8 Å². The van der Waals surface area contributed by atoms with E-state index >= 15 is 0 Å². The molecule has 0 spiro atoms. The topological polar surface area (TPSA) is 70.7 Å². The lowest BCUT2D eigenvalue weighted by Gasteiger charge is -2.26. The van der Waals surface area contributed by atoms with E-state index in [4.69, 9.17) is 4.74 Å². The highest BCUT2D eigenvalue weighted by atomic mass is 32.2. The zero-order chi connectivity index (χ0) is 14.6. The zero-order valence-corrected chi connectivity index (χ0v) is 13.4. The molecule has 1 aromatic rings. The van der Waals surface area contributed by atoms with Crippen LogP contribution in [0.1, 0.15) is 18.7 Å². The first-order valence-corrected chi connectivity index (χ1v) is 8.99. The predicted molar refractivity (Wildman–Crippen MR) is 79.0 cm³/mol. The minimum absolute atomic E-state index is 0.328. The summed E-state index contributed by atoms with van der Waals surface area (Å²) in [7, 11) is -3.47. The van der Waals surface area contributed by atoms with Crippen LogP contribution in [0.25, 0.3) is 0 Å². The summed E-state index contributed by atoms with van der Waals surface area (Å²) in [5.41, 5.74) is 0. The van der Waals surface area contributed by atoms with E-state index < -0.39 is 10.0 Å². The Morgan fingerprint density at radius 3 is 2.75 bits per heavy atom. The van der Waals surface area contributed by atoms with Crippen LogP contribution >= 0.6 is 11.3 Å². The van der Waals surface area contributed by atoms with Crippen molar-refractivity contribution < 1.29 is 13.2 Å². The number of sulfonamides is 1. The van der Waals surface area contributed by atoms with Gasteiger partial charge >= 0.3 is 0 Å². The smallest absolute Gasteiger partial charge is 0.254 e. The van der Waals surface area contributed by atoms with Crippen molar-refractivity contribution in [2.75, 3.05) is 26.3 Å². The number of thiophene rings is 1. The Morgan fingerprint density at radius 2 is 2.10 bits per heavy atom. The van der Waals surface area contributed by atoms with Gasteiger partial charge in [0.15, 0.2) is 0 Å². The number of rotatable bonds is 6. The van der Waals surface area contributed by atoms with Gasteiger partial charge in [0.2, 0.25) is 0 Å². The molecule has 20 heavy (non-hydrogen) atoms. The van der Waals surface area contributed by atoms with Gasteiger partial charge in [0.25, 0.3) is 10.0 Å².